The first-order chi connectivity index (χ1) is 8.49. The van der Waals surface area contributed by atoms with E-state index >= 15 is 0 Å². The standard InChI is InChI=1S/C15H21ClO2/c1-11(2)6-4-9-15(17)12(3)18-14-8-5-7-13(16)10-14/h5,7-8,10-12H,4,6,9H2,1-3H3. The van der Waals surface area contributed by atoms with Crippen LogP contribution in [-0.4, -0.2) is 11.9 Å². The lowest BCUT2D eigenvalue weighted by atomic mass is 10.0. The number of hydrogen-bond donors (Lipinski definition) is 0. The molecule has 1 aromatic rings. The van der Waals surface area contributed by atoms with Crippen LogP contribution in [0.25, 0.3) is 0 Å². The van der Waals surface area contributed by atoms with Gasteiger partial charge in [0.15, 0.2) is 11.9 Å². The predicted molar refractivity (Wildman–Crippen MR) is 75.2 cm³/mol. The maximum atomic E-state index is 11.9. The summed E-state index contributed by atoms with van der Waals surface area (Å²) in [4.78, 5) is 11.9. The third-order valence-corrected chi connectivity index (χ3v) is 3.00. The van der Waals surface area contributed by atoms with Crippen LogP contribution in [0.1, 0.15) is 40.0 Å². The van der Waals surface area contributed by atoms with E-state index in [2.05, 4.69) is 13.8 Å². The average Bonchev–Trinajstić information content (AvgIpc) is 2.28. The number of carbonyl (C=O) groups is 1. The molecular formula is C15H21ClO2. The van der Waals surface area contributed by atoms with Gasteiger partial charge >= 0.3 is 0 Å². The minimum Gasteiger partial charge on any atom is -0.483 e. The van der Waals surface area contributed by atoms with Crippen molar-refractivity contribution in [2.75, 3.05) is 0 Å². The second-order valence-corrected chi connectivity index (χ2v) is 5.41. The average molecular weight is 269 g/mol. The highest BCUT2D eigenvalue weighted by Crippen LogP contribution is 2.19. The van der Waals surface area contributed by atoms with E-state index in [1.165, 1.54) is 0 Å². The van der Waals surface area contributed by atoms with Gasteiger partial charge in [0, 0.05) is 11.4 Å². The smallest absolute Gasteiger partial charge is 0.172 e. The number of hydrogen-bond acceptors (Lipinski definition) is 2. The molecule has 0 aliphatic rings. The predicted octanol–water partition coefficient (Wildman–Crippen LogP) is 4.50. The first kappa shape index (κ1) is 15.0. The Morgan fingerprint density at radius 1 is 1.33 bits per heavy atom. The van der Waals surface area contributed by atoms with E-state index in [9.17, 15) is 4.79 Å². The number of benzene rings is 1. The second kappa shape index (κ2) is 7.42. The van der Waals surface area contributed by atoms with E-state index < -0.39 is 6.10 Å². The minimum absolute atomic E-state index is 0.149. The minimum atomic E-state index is -0.407. The molecule has 0 fully saturated rings. The zero-order valence-electron chi connectivity index (χ0n) is 11.3. The number of rotatable bonds is 7. The van der Waals surface area contributed by atoms with Crippen LogP contribution < -0.4 is 4.74 Å². The van der Waals surface area contributed by atoms with Crippen molar-refractivity contribution in [3.05, 3.63) is 29.3 Å². The van der Waals surface area contributed by atoms with Gasteiger partial charge in [0.25, 0.3) is 0 Å². The zero-order valence-corrected chi connectivity index (χ0v) is 12.0. The lowest BCUT2D eigenvalue weighted by Crippen LogP contribution is -2.23. The SMILES string of the molecule is CC(C)CCCC(=O)C(C)Oc1cccc(Cl)c1. The van der Waals surface area contributed by atoms with E-state index in [0.717, 1.165) is 12.8 Å². The van der Waals surface area contributed by atoms with Crippen LogP contribution in [0.2, 0.25) is 5.02 Å². The van der Waals surface area contributed by atoms with Gasteiger partial charge in [-0.3, -0.25) is 4.79 Å². The second-order valence-electron chi connectivity index (χ2n) is 4.97. The summed E-state index contributed by atoms with van der Waals surface area (Å²) in [6.45, 7) is 6.12. The summed E-state index contributed by atoms with van der Waals surface area (Å²) in [5.41, 5.74) is 0. The Bertz CT molecular complexity index is 388. The monoisotopic (exact) mass is 268 g/mol. The number of Topliss-reactive ketones (excluding diaryl/α,β-unsaturated/α-hetero) is 1. The largest absolute Gasteiger partial charge is 0.483 e. The van der Waals surface area contributed by atoms with Crippen molar-refractivity contribution in [3.63, 3.8) is 0 Å². The van der Waals surface area contributed by atoms with E-state index in [-0.39, 0.29) is 5.78 Å². The van der Waals surface area contributed by atoms with Crippen molar-refractivity contribution in [1.82, 2.24) is 0 Å². The van der Waals surface area contributed by atoms with Gasteiger partial charge in [0.2, 0.25) is 0 Å². The van der Waals surface area contributed by atoms with Crippen LogP contribution in [0.5, 0.6) is 5.75 Å². The summed E-state index contributed by atoms with van der Waals surface area (Å²) in [5, 5.41) is 0.618. The maximum Gasteiger partial charge on any atom is 0.172 e. The van der Waals surface area contributed by atoms with Crippen LogP contribution in [0.4, 0.5) is 0 Å². The van der Waals surface area contributed by atoms with Gasteiger partial charge < -0.3 is 4.74 Å². The lowest BCUT2D eigenvalue weighted by molar-refractivity contribution is -0.125. The van der Waals surface area contributed by atoms with Gasteiger partial charge in [-0.2, -0.15) is 0 Å². The summed E-state index contributed by atoms with van der Waals surface area (Å²) in [7, 11) is 0. The molecule has 0 aliphatic carbocycles. The molecule has 0 radical (unpaired) electrons. The van der Waals surface area contributed by atoms with Crippen molar-refractivity contribution in [1.29, 1.82) is 0 Å². The summed E-state index contributed by atoms with van der Waals surface area (Å²) in [5.74, 6) is 1.43. The number of ether oxygens (including phenoxy) is 1. The van der Waals surface area contributed by atoms with Crippen molar-refractivity contribution >= 4 is 17.4 Å². The number of ketones is 1. The third kappa shape index (κ3) is 5.54. The molecule has 1 atom stereocenters. The van der Waals surface area contributed by atoms with Crippen molar-refractivity contribution < 1.29 is 9.53 Å². The first-order valence-electron chi connectivity index (χ1n) is 6.44. The molecule has 18 heavy (non-hydrogen) atoms. The summed E-state index contributed by atoms with van der Waals surface area (Å²) in [6, 6.07) is 7.13. The van der Waals surface area contributed by atoms with Crippen LogP contribution >= 0.6 is 11.6 Å². The Labute approximate surface area is 114 Å². The van der Waals surface area contributed by atoms with Gasteiger partial charge in [-0.05, 0) is 37.5 Å². The molecule has 0 N–H and O–H groups in total. The van der Waals surface area contributed by atoms with Crippen LogP contribution in [0.15, 0.2) is 24.3 Å². The Kier molecular flexibility index (Phi) is 6.20. The number of carbonyl (C=O) groups excluding carboxylic acids is 1. The molecule has 100 valence electrons. The first-order valence-corrected chi connectivity index (χ1v) is 6.81. The van der Waals surface area contributed by atoms with Crippen LogP contribution in [0, 0.1) is 5.92 Å². The van der Waals surface area contributed by atoms with E-state index in [4.69, 9.17) is 16.3 Å². The van der Waals surface area contributed by atoms with Crippen LogP contribution in [0.3, 0.4) is 0 Å². The molecule has 0 saturated heterocycles. The summed E-state index contributed by atoms with van der Waals surface area (Å²) >= 11 is 5.86. The molecule has 1 aromatic carbocycles. The maximum absolute atomic E-state index is 11.9. The van der Waals surface area contributed by atoms with Gasteiger partial charge in [-0.15, -0.1) is 0 Å². The molecule has 3 heteroatoms. The fourth-order valence-electron chi connectivity index (χ4n) is 1.70. The van der Waals surface area contributed by atoms with Gasteiger partial charge in [0.05, 0.1) is 0 Å². The summed E-state index contributed by atoms with van der Waals surface area (Å²) < 4.78 is 5.58. The molecular weight excluding hydrogens is 248 g/mol. The Morgan fingerprint density at radius 2 is 2.06 bits per heavy atom. The Balaban J connectivity index is 2.40. The highest BCUT2D eigenvalue weighted by Gasteiger charge is 2.14. The van der Waals surface area contributed by atoms with Gasteiger partial charge in [0.1, 0.15) is 5.75 Å². The van der Waals surface area contributed by atoms with E-state index in [0.29, 0.717) is 23.1 Å². The molecule has 0 aliphatic heterocycles. The zero-order chi connectivity index (χ0) is 13.5. The topological polar surface area (TPSA) is 26.3 Å². The highest BCUT2D eigenvalue weighted by atomic mass is 35.5. The van der Waals surface area contributed by atoms with E-state index in [1.807, 2.05) is 12.1 Å². The molecule has 0 saturated carbocycles. The molecule has 2 nitrogen and oxygen atoms in total. The lowest BCUT2D eigenvalue weighted by Gasteiger charge is -2.14. The molecule has 0 aromatic heterocycles. The quantitative estimate of drug-likeness (QED) is 0.728. The highest BCUT2D eigenvalue weighted by molar-refractivity contribution is 6.30. The molecule has 1 rings (SSSR count). The molecule has 0 heterocycles. The normalized spacial score (nSPS) is 12.5. The van der Waals surface area contributed by atoms with Crippen molar-refractivity contribution in [3.8, 4) is 5.75 Å². The molecule has 1 unspecified atom stereocenters. The fraction of sp³-hybridized carbons (Fsp3) is 0.533. The van der Waals surface area contributed by atoms with Gasteiger partial charge in [-0.25, -0.2) is 0 Å². The van der Waals surface area contributed by atoms with Gasteiger partial charge in [-0.1, -0.05) is 37.9 Å². The van der Waals surface area contributed by atoms with Crippen molar-refractivity contribution in [2.24, 2.45) is 5.92 Å². The third-order valence-electron chi connectivity index (χ3n) is 2.77. The summed E-state index contributed by atoms with van der Waals surface area (Å²) in [6.07, 6.45) is 2.19. The Hall–Kier alpha value is -1.02. The molecule has 0 amide bonds. The van der Waals surface area contributed by atoms with Crippen molar-refractivity contribution in [2.45, 2.75) is 46.1 Å². The molecule has 0 bridgehead atoms. The fourth-order valence-corrected chi connectivity index (χ4v) is 1.88. The van der Waals surface area contributed by atoms with E-state index in [1.54, 1.807) is 19.1 Å². The Morgan fingerprint density at radius 3 is 2.67 bits per heavy atom. The molecule has 0 spiro atoms. The van der Waals surface area contributed by atoms with Crippen LogP contribution in [-0.2, 0) is 4.79 Å². The number of halogens is 1.